The predicted molar refractivity (Wildman–Crippen MR) is 116 cm³/mol. The number of hydrogen-bond donors (Lipinski definition) is 1. The molecule has 158 valence electrons. The van der Waals surface area contributed by atoms with Crippen molar-refractivity contribution in [2.75, 3.05) is 13.6 Å². The number of likely N-dealkylation sites (N-methyl/N-ethyl adjacent to an activating group) is 1. The second kappa shape index (κ2) is 10.8. The van der Waals surface area contributed by atoms with Crippen LogP contribution in [-0.2, 0) is 22.6 Å². The van der Waals surface area contributed by atoms with Crippen LogP contribution in [0.2, 0.25) is 0 Å². The number of rotatable bonds is 7. The first-order valence-corrected chi connectivity index (χ1v) is 10.1. The lowest BCUT2D eigenvalue weighted by Crippen LogP contribution is -2.53. The van der Waals surface area contributed by atoms with Crippen LogP contribution >= 0.6 is 12.4 Å². The number of amides is 2. The van der Waals surface area contributed by atoms with E-state index in [9.17, 15) is 9.59 Å². The molecule has 28 heavy (non-hydrogen) atoms. The molecule has 0 aliphatic carbocycles. The van der Waals surface area contributed by atoms with Gasteiger partial charge in [0.2, 0.25) is 11.8 Å². The Morgan fingerprint density at radius 3 is 2.36 bits per heavy atom. The van der Waals surface area contributed by atoms with Crippen molar-refractivity contribution in [1.29, 1.82) is 0 Å². The minimum Gasteiger partial charge on any atom is -0.344 e. The number of fused-ring (bicyclic) bond motifs is 1. The van der Waals surface area contributed by atoms with Gasteiger partial charge in [0.15, 0.2) is 0 Å². The molecule has 2 unspecified atom stereocenters. The van der Waals surface area contributed by atoms with Crippen molar-refractivity contribution >= 4 is 24.2 Å². The van der Waals surface area contributed by atoms with Crippen molar-refractivity contribution in [2.24, 2.45) is 17.6 Å². The molecule has 2 rings (SSSR count). The van der Waals surface area contributed by atoms with Gasteiger partial charge in [-0.05, 0) is 29.4 Å². The van der Waals surface area contributed by atoms with Crippen molar-refractivity contribution in [1.82, 2.24) is 9.80 Å². The van der Waals surface area contributed by atoms with Crippen LogP contribution in [0.15, 0.2) is 24.3 Å². The number of nitrogens with zero attached hydrogens (tertiary/aromatic N) is 2. The summed E-state index contributed by atoms with van der Waals surface area (Å²) in [6.45, 7) is 9.38. The Balaban J connectivity index is 0.00000392. The summed E-state index contributed by atoms with van der Waals surface area (Å²) in [4.78, 5) is 29.6. The fourth-order valence-corrected chi connectivity index (χ4v) is 3.51. The summed E-state index contributed by atoms with van der Waals surface area (Å²) in [6, 6.07) is 7.76. The first-order chi connectivity index (χ1) is 12.7. The Bertz CT molecular complexity index is 663. The largest absolute Gasteiger partial charge is 0.344 e. The van der Waals surface area contributed by atoms with Crippen molar-refractivity contribution in [2.45, 2.75) is 65.6 Å². The molecule has 0 bridgehead atoms. The van der Waals surface area contributed by atoms with Crippen LogP contribution in [0.4, 0.5) is 0 Å². The second-order valence-corrected chi connectivity index (χ2v) is 8.56. The van der Waals surface area contributed by atoms with Gasteiger partial charge < -0.3 is 15.5 Å². The molecule has 0 saturated carbocycles. The van der Waals surface area contributed by atoms with Gasteiger partial charge in [0.05, 0.1) is 0 Å². The first kappa shape index (κ1) is 24.4. The van der Waals surface area contributed by atoms with Crippen LogP contribution in [0.3, 0.4) is 0 Å². The van der Waals surface area contributed by atoms with Crippen molar-refractivity contribution in [3.63, 3.8) is 0 Å². The van der Waals surface area contributed by atoms with Crippen LogP contribution in [0, 0.1) is 11.8 Å². The fraction of sp³-hybridized carbons (Fsp3) is 0.636. The Kier molecular flexibility index (Phi) is 9.45. The number of hydrogen-bond acceptors (Lipinski definition) is 3. The van der Waals surface area contributed by atoms with Gasteiger partial charge in [-0.3, -0.25) is 9.59 Å². The summed E-state index contributed by atoms with van der Waals surface area (Å²) in [6.07, 6.45) is 1.82. The molecule has 0 saturated heterocycles. The van der Waals surface area contributed by atoms with Crippen molar-refractivity contribution in [3.8, 4) is 0 Å². The third-order valence-electron chi connectivity index (χ3n) is 5.47. The monoisotopic (exact) mass is 409 g/mol. The van der Waals surface area contributed by atoms with E-state index in [4.69, 9.17) is 5.73 Å². The summed E-state index contributed by atoms with van der Waals surface area (Å²) >= 11 is 0. The highest BCUT2D eigenvalue weighted by molar-refractivity contribution is 5.88. The van der Waals surface area contributed by atoms with Crippen LogP contribution in [0.5, 0.6) is 0 Å². The molecule has 0 radical (unpaired) electrons. The molecule has 2 atom stereocenters. The molecular weight excluding hydrogens is 374 g/mol. The van der Waals surface area contributed by atoms with Crippen LogP contribution < -0.4 is 5.73 Å². The molecule has 2 amide bonds. The quantitative estimate of drug-likeness (QED) is 0.751. The zero-order valence-electron chi connectivity index (χ0n) is 17.9. The average molecular weight is 410 g/mol. The molecule has 0 aromatic heterocycles. The highest BCUT2D eigenvalue weighted by Crippen LogP contribution is 2.26. The molecule has 1 aliphatic heterocycles. The van der Waals surface area contributed by atoms with Gasteiger partial charge in [-0.15, -0.1) is 12.4 Å². The maximum atomic E-state index is 13.2. The minimum absolute atomic E-state index is 0. The lowest BCUT2D eigenvalue weighted by Gasteiger charge is -2.38. The number of carbonyl (C=O) groups is 2. The number of halogens is 1. The standard InChI is InChI=1S/C22H35N3O2.ClH/c1-15(2)12-21(26)25-14-18-9-7-6-8-17(18)13-20(25)22(27)24(5)11-10-19(23)16(3)4;/h6-9,15-16,19-20H,10-14,23H2,1-5H3;1H. The van der Waals surface area contributed by atoms with E-state index in [1.165, 1.54) is 0 Å². The van der Waals surface area contributed by atoms with Gasteiger partial charge in [-0.2, -0.15) is 0 Å². The molecule has 6 heteroatoms. The fourth-order valence-electron chi connectivity index (χ4n) is 3.51. The number of benzene rings is 1. The van der Waals surface area contributed by atoms with E-state index in [2.05, 4.69) is 26.0 Å². The molecule has 2 N–H and O–H groups in total. The molecular formula is C22H36ClN3O2. The summed E-state index contributed by atoms with van der Waals surface area (Å²) in [5.74, 6) is 0.731. The SMILES string of the molecule is CC(C)CC(=O)N1Cc2ccccc2CC1C(=O)N(C)CCC(N)C(C)C.Cl. The second-order valence-electron chi connectivity index (χ2n) is 8.56. The van der Waals surface area contributed by atoms with Crippen molar-refractivity contribution in [3.05, 3.63) is 35.4 Å². The van der Waals surface area contributed by atoms with Gasteiger partial charge in [0.1, 0.15) is 6.04 Å². The van der Waals surface area contributed by atoms with Gasteiger partial charge in [0, 0.05) is 39.0 Å². The maximum absolute atomic E-state index is 13.2. The van der Waals surface area contributed by atoms with E-state index >= 15 is 0 Å². The Morgan fingerprint density at radius 1 is 1.18 bits per heavy atom. The molecule has 1 aromatic carbocycles. The highest BCUT2D eigenvalue weighted by Gasteiger charge is 2.36. The lowest BCUT2D eigenvalue weighted by molar-refractivity contribution is -0.146. The minimum atomic E-state index is -0.425. The Hall–Kier alpha value is -1.59. The zero-order chi connectivity index (χ0) is 20.1. The molecule has 0 fully saturated rings. The first-order valence-electron chi connectivity index (χ1n) is 10.1. The highest BCUT2D eigenvalue weighted by atomic mass is 35.5. The molecule has 1 heterocycles. The van der Waals surface area contributed by atoms with Gasteiger partial charge in [-0.25, -0.2) is 0 Å². The third-order valence-corrected chi connectivity index (χ3v) is 5.47. The van der Waals surface area contributed by atoms with Crippen LogP contribution in [-0.4, -0.2) is 47.3 Å². The summed E-state index contributed by atoms with van der Waals surface area (Å²) in [5.41, 5.74) is 8.44. The number of nitrogens with two attached hydrogens (primary N) is 1. The maximum Gasteiger partial charge on any atom is 0.245 e. The lowest BCUT2D eigenvalue weighted by atomic mass is 9.92. The van der Waals surface area contributed by atoms with E-state index in [0.717, 1.165) is 17.5 Å². The zero-order valence-corrected chi connectivity index (χ0v) is 18.7. The van der Waals surface area contributed by atoms with E-state index in [0.29, 0.717) is 31.8 Å². The predicted octanol–water partition coefficient (Wildman–Crippen LogP) is 3.24. The molecule has 0 spiro atoms. The van der Waals surface area contributed by atoms with Gasteiger partial charge in [-0.1, -0.05) is 52.0 Å². The van der Waals surface area contributed by atoms with E-state index in [1.54, 1.807) is 9.80 Å². The van der Waals surface area contributed by atoms with E-state index in [-0.39, 0.29) is 36.2 Å². The summed E-state index contributed by atoms with van der Waals surface area (Å²) in [5, 5.41) is 0. The summed E-state index contributed by atoms with van der Waals surface area (Å²) in [7, 11) is 1.82. The molecule has 5 nitrogen and oxygen atoms in total. The van der Waals surface area contributed by atoms with E-state index in [1.807, 2.05) is 33.0 Å². The smallest absolute Gasteiger partial charge is 0.245 e. The third kappa shape index (κ3) is 6.21. The average Bonchev–Trinajstić information content (AvgIpc) is 2.63. The molecule has 1 aromatic rings. The molecule has 1 aliphatic rings. The Labute approximate surface area is 176 Å². The van der Waals surface area contributed by atoms with Crippen LogP contribution in [0.1, 0.15) is 51.7 Å². The van der Waals surface area contributed by atoms with Crippen LogP contribution in [0.25, 0.3) is 0 Å². The number of carbonyl (C=O) groups excluding carboxylic acids is 2. The topological polar surface area (TPSA) is 66.6 Å². The normalized spacial score (nSPS) is 17.1. The summed E-state index contributed by atoms with van der Waals surface area (Å²) < 4.78 is 0. The van der Waals surface area contributed by atoms with Gasteiger partial charge >= 0.3 is 0 Å². The van der Waals surface area contributed by atoms with Gasteiger partial charge in [0.25, 0.3) is 0 Å². The van der Waals surface area contributed by atoms with E-state index < -0.39 is 6.04 Å². The Morgan fingerprint density at radius 2 is 1.79 bits per heavy atom. The van der Waals surface area contributed by atoms with Crippen molar-refractivity contribution < 1.29 is 9.59 Å².